The van der Waals surface area contributed by atoms with Crippen LogP contribution in [0.15, 0.2) is 46.9 Å². The number of amides is 2. The number of nitrogens with zero attached hydrogens (tertiary/aromatic N) is 2. The highest BCUT2D eigenvalue weighted by atomic mass is 35.5. The summed E-state index contributed by atoms with van der Waals surface area (Å²) in [5.74, 6) is -2.57. The molecule has 2 amide bonds. The zero-order valence-electron chi connectivity index (χ0n) is 12.0. The van der Waals surface area contributed by atoms with Crippen molar-refractivity contribution < 1.29 is 19.2 Å². The Balaban J connectivity index is 1.70. The van der Waals surface area contributed by atoms with Gasteiger partial charge < -0.3 is 4.84 Å². The van der Waals surface area contributed by atoms with E-state index in [1.54, 1.807) is 41.8 Å². The number of ketones is 1. The molecule has 1 saturated heterocycles. The number of carbonyl (C=O) groups excluding carboxylic acids is 3. The zero-order valence-corrected chi connectivity index (χ0v) is 13.6. The van der Waals surface area contributed by atoms with Crippen LogP contribution in [0.5, 0.6) is 0 Å². The molecule has 0 N–H and O–H groups in total. The van der Waals surface area contributed by atoms with Gasteiger partial charge in [-0.2, -0.15) is 0 Å². The largest absolute Gasteiger partial charge is 0.381 e. The second-order valence-corrected chi connectivity index (χ2v) is 6.60. The lowest BCUT2D eigenvalue weighted by molar-refractivity contribution is -0.126. The zero-order chi connectivity index (χ0) is 16.8. The molecule has 0 spiro atoms. The van der Waals surface area contributed by atoms with Crippen LogP contribution >= 0.6 is 22.9 Å². The molecule has 6 nitrogen and oxygen atoms in total. The van der Waals surface area contributed by atoms with E-state index in [0.29, 0.717) is 4.88 Å². The van der Waals surface area contributed by atoms with Crippen molar-refractivity contribution in [2.75, 3.05) is 4.90 Å². The minimum Gasteiger partial charge on any atom is -0.381 e. The maximum atomic E-state index is 12.8. The number of rotatable bonds is 3. The first kappa shape index (κ1) is 15.0. The van der Waals surface area contributed by atoms with Crippen LogP contribution in [-0.4, -0.2) is 29.4 Å². The number of benzene rings is 1. The van der Waals surface area contributed by atoms with Crippen LogP contribution in [0.1, 0.15) is 9.67 Å². The molecule has 2 aliphatic heterocycles. The third-order valence-electron chi connectivity index (χ3n) is 3.88. The third-order valence-corrected chi connectivity index (χ3v) is 5.07. The Hall–Kier alpha value is -2.51. The monoisotopic (exact) mass is 360 g/mol. The van der Waals surface area contributed by atoms with E-state index < -0.39 is 29.6 Å². The van der Waals surface area contributed by atoms with Crippen molar-refractivity contribution in [3.8, 4) is 0 Å². The summed E-state index contributed by atoms with van der Waals surface area (Å²) in [5.41, 5.74) is 0.227. The van der Waals surface area contributed by atoms with Crippen LogP contribution in [0.4, 0.5) is 5.69 Å². The highest BCUT2D eigenvalue weighted by Crippen LogP contribution is 2.37. The lowest BCUT2D eigenvalue weighted by Crippen LogP contribution is -2.34. The fraction of sp³-hybridized carbons (Fsp3) is 0.125. The van der Waals surface area contributed by atoms with Crippen LogP contribution in [0.25, 0.3) is 0 Å². The Morgan fingerprint density at radius 2 is 1.96 bits per heavy atom. The van der Waals surface area contributed by atoms with Crippen LogP contribution in [0.3, 0.4) is 0 Å². The minimum absolute atomic E-state index is 0.0460. The van der Waals surface area contributed by atoms with Gasteiger partial charge in [-0.15, -0.1) is 11.3 Å². The number of hydrogen-bond donors (Lipinski definition) is 0. The van der Waals surface area contributed by atoms with E-state index in [-0.39, 0.29) is 16.4 Å². The van der Waals surface area contributed by atoms with Gasteiger partial charge in [0.2, 0.25) is 17.8 Å². The smallest absolute Gasteiger partial charge is 0.279 e. The molecule has 2 atom stereocenters. The minimum atomic E-state index is -1.12. The van der Waals surface area contributed by atoms with Gasteiger partial charge in [0.05, 0.1) is 15.6 Å². The average Bonchev–Trinajstić information content (AvgIpc) is 3.29. The average molecular weight is 361 g/mol. The molecule has 120 valence electrons. The Morgan fingerprint density at radius 3 is 2.67 bits per heavy atom. The van der Waals surface area contributed by atoms with Crippen molar-refractivity contribution >= 4 is 51.9 Å². The van der Waals surface area contributed by atoms with Crippen LogP contribution in [0, 0.1) is 5.92 Å². The van der Waals surface area contributed by atoms with Crippen molar-refractivity contribution in [1.29, 1.82) is 0 Å². The first-order chi connectivity index (χ1) is 11.6. The van der Waals surface area contributed by atoms with Gasteiger partial charge in [0.15, 0.2) is 0 Å². The lowest BCUT2D eigenvalue weighted by Gasteiger charge is -2.16. The van der Waals surface area contributed by atoms with Gasteiger partial charge in [0.1, 0.15) is 11.6 Å². The first-order valence-electron chi connectivity index (χ1n) is 7.04. The van der Waals surface area contributed by atoms with Crippen molar-refractivity contribution in [2.24, 2.45) is 11.1 Å². The Bertz CT molecular complexity index is 893. The van der Waals surface area contributed by atoms with Gasteiger partial charge in [-0.25, -0.2) is 4.90 Å². The molecule has 0 saturated carbocycles. The predicted molar refractivity (Wildman–Crippen MR) is 88.4 cm³/mol. The van der Waals surface area contributed by atoms with Gasteiger partial charge in [0.25, 0.3) is 5.91 Å². The van der Waals surface area contributed by atoms with Gasteiger partial charge in [-0.3, -0.25) is 14.4 Å². The summed E-state index contributed by atoms with van der Waals surface area (Å²) in [5, 5.41) is 5.71. The van der Waals surface area contributed by atoms with Crippen molar-refractivity contribution in [3.05, 3.63) is 51.7 Å². The molecule has 1 fully saturated rings. The number of para-hydroxylation sites is 1. The topological polar surface area (TPSA) is 76.0 Å². The van der Waals surface area contributed by atoms with Crippen LogP contribution < -0.4 is 4.90 Å². The summed E-state index contributed by atoms with van der Waals surface area (Å²) < 4.78 is 0. The van der Waals surface area contributed by atoms with E-state index in [2.05, 4.69) is 5.16 Å². The van der Waals surface area contributed by atoms with Crippen LogP contribution in [0.2, 0.25) is 5.02 Å². The van der Waals surface area contributed by atoms with Crippen molar-refractivity contribution in [1.82, 2.24) is 0 Å². The molecule has 2 aromatic rings. The predicted octanol–water partition coefficient (Wildman–Crippen LogP) is 2.53. The van der Waals surface area contributed by atoms with E-state index in [1.807, 2.05) is 0 Å². The van der Waals surface area contributed by atoms with Crippen molar-refractivity contribution in [2.45, 2.75) is 6.10 Å². The molecule has 4 rings (SSSR count). The fourth-order valence-corrected chi connectivity index (χ4v) is 3.66. The van der Waals surface area contributed by atoms with Gasteiger partial charge in [-0.05, 0) is 23.6 Å². The van der Waals surface area contributed by atoms with E-state index in [0.717, 1.165) is 4.90 Å². The summed E-state index contributed by atoms with van der Waals surface area (Å²) in [6.07, 6.45) is -1.12. The van der Waals surface area contributed by atoms with E-state index in [4.69, 9.17) is 16.4 Å². The summed E-state index contributed by atoms with van der Waals surface area (Å²) in [4.78, 5) is 44.3. The molecule has 0 unspecified atom stereocenters. The molecular formula is C16H9ClN2O4S. The molecule has 0 bridgehead atoms. The van der Waals surface area contributed by atoms with Gasteiger partial charge in [0, 0.05) is 0 Å². The van der Waals surface area contributed by atoms with Gasteiger partial charge in [-0.1, -0.05) is 35.0 Å². The van der Waals surface area contributed by atoms with Crippen molar-refractivity contribution in [3.63, 3.8) is 0 Å². The molecule has 1 aromatic carbocycles. The molecule has 24 heavy (non-hydrogen) atoms. The SMILES string of the molecule is O=C(C1=NO[C@@H]2C(=O)N(c3ccccc3Cl)C(=O)[C@@H]12)c1cccs1. The molecule has 8 heteroatoms. The van der Waals surface area contributed by atoms with Crippen LogP contribution in [-0.2, 0) is 14.4 Å². The molecule has 0 radical (unpaired) electrons. The number of fused-ring (bicyclic) bond motifs is 1. The van der Waals surface area contributed by atoms with E-state index in [9.17, 15) is 14.4 Å². The highest BCUT2D eigenvalue weighted by molar-refractivity contribution is 7.13. The molecule has 1 aromatic heterocycles. The summed E-state index contributed by atoms with van der Waals surface area (Å²) in [6, 6.07) is 9.87. The normalized spacial score (nSPS) is 22.4. The Kier molecular flexibility index (Phi) is 3.47. The second-order valence-electron chi connectivity index (χ2n) is 5.25. The maximum absolute atomic E-state index is 12.8. The number of imide groups is 1. The summed E-state index contributed by atoms with van der Waals surface area (Å²) >= 11 is 7.33. The number of Topliss-reactive ketones (excluding diaryl/α,β-unsaturated/α-hetero) is 1. The maximum Gasteiger partial charge on any atom is 0.279 e. The second kappa shape index (κ2) is 5.54. The third kappa shape index (κ3) is 2.09. The van der Waals surface area contributed by atoms with Gasteiger partial charge >= 0.3 is 0 Å². The number of anilines is 1. The lowest BCUT2D eigenvalue weighted by atomic mass is 9.96. The standard InChI is InChI=1S/C16H9ClN2O4S/c17-8-4-1-2-5-9(8)19-15(21)11-12(18-23-14(11)16(19)22)13(20)10-6-3-7-24-10/h1-7,11,14H/t11-,14-/m0/s1. The number of thiophene rings is 1. The Labute approximate surface area is 145 Å². The molecule has 2 aliphatic rings. The van der Waals surface area contributed by atoms with E-state index in [1.165, 1.54) is 11.3 Å². The number of carbonyl (C=O) groups is 3. The fourth-order valence-electron chi connectivity index (χ4n) is 2.77. The first-order valence-corrected chi connectivity index (χ1v) is 8.29. The molecule has 0 aliphatic carbocycles. The quantitative estimate of drug-likeness (QED) is 0.622. The number of halogens is 1. The summed E-state index contributed by atoms with van der Waals surface area (Å²) in [7, 11) is 0. The number of oxime groups is 1. The Morgan fingerprint density at radius 1 is 1.17 bits per heavy atom. The van der Waals surface area contributed by atoms with E-state index >= 15 is 0 Å². The molecule has 3 heterocycles. The summed E-state index contributed by atoms with van der Waals surface area (Å²) in [6.45, 7) is 0. The highest BCUT2D eigenvalue weighted by Gasteiger charge is 2.57. The number of hydrogen-bond acceptors (Lipinski definition) is 6. The molecular weight excluding hydrogens is 352 g/mol.